The molecule has 1 unspecified atom stereocenters. The topological polar surface area (TPSA) is 63.6 Å². The Hall–Kier alpha value is -3.21. The van der Waals surface area contributed by atoms with Crippen molar-refractivity contribution < 1.29 is 9.53 Å². The number of carbonyl (C=O) groups is 1. The predicted octanol–water partition coefficient (Wildman–Crippen LogP) is 3.50. The minimum Gasteiger partial charge on any atom is -0.494 e. The molecule has 1 amide bonds. The molecule has 1 heterocycles. The van der Waals surface area contributed by atoms with Crippen molar-refractivity contribution in [3.8, 4) is 5.75 Å². The summed E-state index contributed by atoms with van der Waals surface area (Å²) >= 11 is 0. The van der Waals surface area contributed by atoms with Gasteiger partial charge in [0.25, 0.3) is 0 Å². The van der Waals surface area contributed by atoms with Crippen LogP contribution in [-0.2, 0) is 4.79 Å². The standard InChI is InChI=1S/C21H19N3O2/c1-26-19-11-14(10-16-8-5-9-22-20(16)19)13-23-24-21(25)18-12-17(18)15-6-3-2-4-7-15/h2-11,13,17-18H,12H2,1H3,(H,24,25)/t17?,18-/m0/s1. The summed E-state index contributed by atoms with van der Waals surface area (Å²) in [5, 5.41) is 5.08. The summed E-state index contributed by atoms with van der Waals surface area (Å²) in [5.74, 6) is 0.954. The number of methoxy groups -OCH3 is 1. The van der Waals surface area contributed by atoms with Gasteiger partial charge in [0.05, 0.1) is 13.3 Å². The van der Waals surface area contributed by atoms with Crippen LogP contribution < -0.4 is 10.2 Å². The Morgan fingerprint density at radius 1 is 1.23 bits per heavy atom. The molecule has 5 heteroatoms. The number of hydrogen-bond acceptors (Lipinski definition) is 4. The molecule has 0 spiro atoms. The number of pyridine rings is 1. The molecule has 0 bridgehead atoms. The van der Waals surface area contributed by atoms with E-state index in [1.165, 1.54) is 5.56 Å². The third-order valence-electron chi connectivity index (χ3n) is 4.66. The van der Waals surface area contributed by atoms with Crippen LogP contribution in [0.3, 0.4) is 0 Å². The minimum absolute atomic E-state index is 0.00453. The molecule has 130 valence electrons. The van der Waals surface area contributed by atoms with Gasteiger partial charge in [-0.15, -0.1) is 0 Å². The number of ether oxygens (including phenoxy) is 1. The lowest BCUT2D eigenvalue weighted by Gasteiger charge is -2.06. The Morgan fingerprint density at radius 2 is 2.08 bits per heavy atom. The Labute approximate surface area is 151 Å². The van der Waals surface area contributed by atoms with Crippen molar-refractivity contribution in [1.82, 2.24) is 10.4 Å². The van der Waals surface area contributed by atoms with Crippen LogP contribution in [0.4, 0.5) is 0 Å². The van der Waals surface area contributed by atoms with Crippen LogP contribution in [0.5, 0.6) is 5.75 Å². The molecule has 3 aromatic rings. The second-order valence-corrected chi connectivity index (χ2v) is 6.39. The quantitative estimate of drug-likeness (QED) is 0.569. The Morgan fingerprint density at radius 3 is 2.88 bits per heavy atom. The van der Waals surface area contributed by atoms with E-state index >= 15 is 0 Å². The fourth-order valence-corrected chi connectivity index (χ4v) is 3.22. The molecule has 1 N–H and O–H groups in total. The van der Waals surface area contributed by atoms with Gasteiger partial charge in [0, 0.05) is 17.5 Å². The van der Waals surface area contributed by atoms with Crippen molar-refractivity contribution in [3.05, 3.63) is 71.9 Å². The Bertz CT molecular complexity index is 969. The SMILES string of the molecule is COc1cc(C=NNC(=O)[C@H]2CC2c2ccccc2)cc2cccnc12. The highest BCUT2D eigenvalue weighted by Gasteiger charge is 2.43. The lowest BCUT2D eigenvalue weighted by atomic mass is 10.1. The molecule has 1 aromatic heterocycles. The molecule has 4 rings (SSSR count). The van der Waals surface area contributed by atoms with Crippen molar-refractivity contribution in [2.24, 2.45) is 11.0 Å². The van der Waals surface area contributed by atoms with E-state index < -0.39 is 0 Å². The van der Waals surface area contributed by atoms with E-state index in [1.54, 1.807) is 19.5 Å². The van der Waals surface area contributed by atoms with E-state index in [9.17, 15) is 4.79 Å². The third-order valence-corrected chi connectivity index (χ3v) is 4.66. The highest BCUT2D eigenvalue weighted by atomic mass is 16.5. The van der Waals surface area contributed by atoms with Gasteiger partial charge < -0.3 is 4.74 Å². The van der Waals surface area contributed by atoms with Gasteiger partial charge >= 0.3 is 0 Å². The molecule has 1 aliphatic rings. The van der Waals surface area contributed by atoms with Gasteiger partial charge in [-0.05, 0) is 41.7 Å². The summed E-state index contributed by atoms with van der Waals surface area (Å²) in [6, 6.07) is 17.8. The Balaban J connectivity index is 1.43. The van der Waals surface area contributed by atoms with Crippen molar-refractivity contribution in [3.63, 3.8) is 0 Å². The molecule has 2 aromatic carbocycles. The second-order valence-electron chi connectivity index (χ2n) is 6.39. The van der Waals surface area contributed by atoms with E-state index in [2.05, 4.69) is 27.6 Å². The lowest BCUT2D eigenvalue weighted by molar-refractivity contribution is -0.122. The van der Waals surface area contributed by atoms with E-state index in [0.717, 1.165) is 22.9 Å². The molecular formula is C21H19N3O2. The number of aromatic nitrogens is 1. The van der Waals surface area contributed by atoms with E-state index in [0.29, 0.717) is 11.7 Å². The zero-order chi connectivity index (χ0) is 17.9. The van der Waals surface area contributed by atoms with Gasteiger partial charge in [-0.3, -0.25) is 9.78 Å². The molecular weight excluding hydrogens is 326 g/mol. The molecule has 2 atom stereocenters. The third kappa shape index (κ3) is 3.28. The summed E-state index contributed by atoms with van der Waals surface area (Å²) in [4.78, 5) is 16.6. The maximum atomic E-state index is 12.3. The number of carbonyl (C=O) groups excluding carboxylic acids is 1. The highest BCUT2D eigenvalue weighted by molar-refractivity contribution is 5.93. The monoisotopic (exact) mass is 345 g/mol. The number of nitrogens with zero attached hydrogens (tertiary/aromatic N) is 2. The summed E-state index contributed by atoms with van der Waals surface area (Å²) in [5.41, 5.74) is 5.51. The van der Waals surface area contributed by atoms with E-state index in [-0.39, 0.29) is 11.8 Å². The summed E-state index contributed by atoms with van der Waals surface area (Å²) < 4.78 is 5.40. The van der Waals surface area contributed by atoms with Gasteiger partial charge in [0.15, 0.2) is 0 Å². The van der Waals surface area contributed by atoms with Crippen molar-refractivity contribution >= 4 is 23.0 Å². The number of hydrogen-bond donors (Lipinski definition) is 1. The fraction of sp³-hybridized carbons (Fsp3) is 0.190. The van der Waals surface area contributed by atoms with Gasteiger partial charge in [0.1, 0.15) is 11.3 Å². The first-order valence-corrected chi connectivity index (χ1v) is 8.57. The molecule has 1 aliphatic carbocycles. The molecule has 0 aliphatic heterocycles. The number of hydrazone groups is 1. The number of benzene rings is 2. The largest absolute Gasteiger partial charge is 0.494 e. The molecule has 26 heavy (non-hydrogen) atoms. The van der Waals surface area contributed by atoms with Crippen LogP contribution in [0.25, 0.3) is 10.9 Å². The van der Waals surface area contributed by atoms with E-state index in [4.69, 9.17) is 4.74 Å². The number of nitrogens with one attached hydrogen (secondary N) is 1. The van der Waals surface area contributed by atoms with Gasteiger partial charge in [-0.25, -0.2) is 5.43 Å². The maximum Gasteiger partial charge on any atom is 0.243 e. The number of rotatable bonds is 5. The number of amides is 1. The van der Waals surface area contributed by atoms with Crippen LogP contribution in [-0.4, -0.2) is 24.2 Å². The minimum atomic E-state index is -0.0375. The molecule has 1 fully saturated rings. The van der Waals surface area contributed by atoms with Gasteiger partial charge in [-0.1, -0.05) is 36.4 Å². The first-order valence-electron chi connectivity index (χ1n) is 8.57. The lowest BCUT2D eigenvalue weighted by Crippen LogP contribution is -2.20. The van der Waals surface area contributed by atoms with Gasteiger partial charge in [0.2, 0.25) is 5.91 Å². The zero-order valence-electron chi connectivity index (χ0n) is 14.4. The second kappa shape index (κ2) is 6.96. The van der Waals surface area contributed by atoms with Crippen molar-refractivity contribution in [2.75, 3.05) is 7.11 Å². The summed E-state index contributed by atoms with van der Waals surface area (Å²) in [6.45, 7) is 0. The molecule has 5 nitrogen and oxygen atoms in total. The summed E-state index contributed by atoms with van der Waals surface area (Å²) in [6.07, 6.45) is 4.24. The van der Waals surface area contributed by atoms with Crippen LogP contribution in [0.1, 0.15) is 23.5 Å². The summed E-state index contributed by atoms with van der Waals surface area (Å²) in [7, 11) is 1.61. The average molecular weight is 345 g/mol. The highest BCUT2D eigenvalue weighted by Crippen LogP contribution is 2.47. The average Bonchev–Trinajstić information content (AvgIpc) is 3.49. The van der Waals surface area contributed by atoms with Crippen molar-refractivity contribution in [1.29, 1.82) is 0 Å². The van der Waals surface area contributed by atoms with E-state index in [1.807, 2.05) is 42.5 Å². The molecule has 0 radical (unpaired) electrons. The first-order chi connectivity index (χ1) is 12.8. The predicted molar refractivity (Wildman–Crippen MR) is 101 cm³/mol. The van der Waals surface area contributed by atoms with Gasteiger partial charge in [-0.2, -0.15) is 5.10 Å². The normalized spacial score (nSPS) is 18.8. The molecule has 0 saturated heterocycles. The number of fused-ring (bicyclic) bond motifs is 1. The van der Waals surface area contributed by atoms with Crippen molar-refractivity contribution in [2.45, 2.75) is 12.3 Å². The van der Waals surface area contributed by atoms with Crippen LogP contribution >= 0.6 is 0 Å². The Kier molecular flexibility index (Phi) is 4.35. The smallest absolute Gasteiger partial charge is 0.243 e. The zero-order valence-corrected chi connectivity index (χ0v) is 14.4. The maximum absolute atomic E-state index is 12.3. The van der Waals surface area contributed by atoms with Crippen LogP contribution in [0, 0.1) is 5.92 Å². The van der Waals surface area contributed by atoms with Crippen LogP contribution in [0.2, 0.25) is 0 Å². The first kappa shape index (κ1) is 16.3. The fourth-order valence-electron chi connectivity index (χ4n) is 3.22. The van der Waals surface area contributed by atoms with Crippen LogP contribution in [0.15, 0.2) is 65.9 Å². The molecule has 1 saturated carbocycles.